The Morgan fingerprint density at radius 1 is 1.47 bits per heavy atom. The summed E-state index contributed by atoms with van der Waals surface area (Å²) in [7, 11) is 0. The number of nitrogens with zero attached hydrogens (tertiary/aromatic N) is 3. The SMILES string of the molecule is CCC(CN)c1nc(-c2ccc(Cl)cn2)no1. The van der Waals surface area contributed by atoms with Gasteiger partial charge in [-0.25, -0.2) is 0 Å². The van der Waals surface area contributed by atoms with Gasteiger partial charge in [-0.3, -0.25) is 4.98 Å². The minimum absolute atomic E-state index is 0.101. The summed E-state index contributed by atoms with van der Waals surface area (Å²) in [6.07, 6.45) is 2.42. The van der Waals surface area contributed by atoms with Crippen molar-refractivity contribution >= 4 is 11.6 Å². The van der Waals surface area contributed by atoms with Gasteiger partial charge in [0.2, 0.25) is 11.7 Å². The second-order valence-electron chi connectivity index (χ2n) is 3.66. The Kier molecular flexibility index (Phi) is 3.71. The Balaban J connectivity index is 2.26. The van der Waals surface area contributed by atoms with Crippen LogP contribution in [0, 0.1) is 0 Å². The fourth-order valence-electron chi connectivity index (χ4n) is 1.46. The van der Waals surface area contributed by atoms with Crippen LogP contribution in [-0.2, 0) is 0 Å². The first-order valence-corrected chi connectivity index (χ1v) is 5.78. The van der Waals surface area contributed by atoms with Crippen LogP contribution in [0.3, 0.4) is 0 Å². The molecule has 0 aliphatic carbocycles. The van der Waals surface area contributed by atoms with Gasteiger partial charge in [-0.05, 0) is 18.6 Å². The number of hydrogen-bond donors (Lipinski definition) is 1. The first-order chi connectivity index (χ1) is 8.24. The van der Waals surface area contributed by atoms with E-state index < -0.39 is 0 Å². The zero-order chi connectivity index (χ0) is 12.3. The normalized spacial score (nSPS) is 12.6. The number of aromatic nitrogens is 3. The highest BCUT2D eigenvalue weighted by molar-refractivity contribution is 6.30. The monoisotopic (exact) mass is 252 g/mol. The molecule has 1 unspecified atom stereocenters. The van der Waals surface area contributed by atoms with E-state index in [2.05, 4.69) is 15.1 Å². The minimum atomic E-state index is 0.101. The van der Waals surface area contributed by atoms with Gasteiger partial charge in [0.25, 0.3) is 0 Å². The minimum Gasteiger partial charge on any atom is -0.339 e. The maximum atomic E-state index is 5.76. The molecule has 2 aromatic rings. The average Bonchev–Trinajstić information content (AvgIpc) is 2.81. The Bertz CT molecular complexity index is 478. The van der Waals surface area contributed by atoms with E-state index in [1.54, 1.807) is 18.3 Å². The third-order valence-electron chi connectivity index (χ3n) is 2.52. The molecule has 2 rings (SSSR count). The van der Waals surface area contributed by atoms with E-state index in [4.69, 9.17) is 21.9 Å². The van der Waals surface area contributed by atoms with Crippen molar-refractivity contribution in [2.45, 2.75) is 19.3 Å². The molecule has 0 fully saturated rings. The third kappa shape index (κ3) is 2.62. The van der Waals surface area contributed by atoms with Gasteiger partial charge < -0.3 is 10.3 Å². The molecule has 5 nitrogen and oxygen atoms in total. The first kappa shape index (κ1) is 12.0. The fraction of sp³-hybridized carbons (Fsp3) is 0.364. The van der Waals surface area contributed by atoms with Gasteiger partial charge in [0.05, 0.1) is 10.9 Å². The number of pyridine rings is 1. The summed E-state index contributed by atoms with van der Waals surface area (Å²) in [5.74, 6) is 1.12. The quantitative estimate of drug-likeness (QED) is 0.903. The molecular formula is C11H13ClN4O. The standard InChI is InChI=1S/C11H13ClN4O/c1-2-7(5-13)11-15-10(16-17-11)9-4-3-8(12)6-14-9/h3-4,6-7H,2,5,13H2,1H3. The molecule has 2 aromatic heterocycles. The summed E-state index contributed by atoms with van der Waals surface area (Å²) in [4.78, 5) is 8.41. The van der Waals surface area contributed by atoms with Crippen molar-refractivity contribution in [1.29, 1.82) is 0 Å². The average molecular weight is 253 g/mol. The molecule has 6 heteroatoms. The van der Waals surface area contributed by atoms with Crippen LogP contribution < -0.4 is 5.73 Å². The van der Waals surface area contributed by atoms with Crippen LogP contribution in [0.5, 0.6) is 0 Å². The molecule has 0 aliphatic heterocycles. The zero-order valence-corrected chi connectivity index (χ0v) is 10.2. The largest absolute Gasteiger partial charge is 0.339 e. The van der Waals surface area contributed by atoms with Crippen molar-refractivity contribution in [2.24, 2.45) is 5.73 Å². The highest BCUT2D eigenvalue weighted by Gasteiger charge is 2.16. The molecular weight excluding hydrogens is 240 g/mol. The lowest BCUT2D eigenvalue weighted by atomic mass is 10.1. The van der Waals surface area contributed by atoms with Gasteiger partial charge in [0.1, 0.15) is 5.69 Å². The maximum Gasteiger partial charge on any atom is 0.231 e. The molecule has 90 valence electrons. The second-order valence-corrected chi connectivity index (χ2v) is 4.10. The van der Waals surface area contributed by atoms with Crippen LogP contribution in [0.15, 0.2) is 22.9 Å². The third-order valence-corrected chi connectivity index (χ3v) is 2.75. The lowest BCUT2D eigenvalue weighted by Crippen LogP contribution is -2.11. The summed E-state index contributed by atoms with van der Waals surface area (Å²) < 4.78 is 5.18. The topological polar surface area (TPSA) is 77.8 Å². The zero-order valence-electron chi connectivity index (χ0n) is 9.43. The van der Waals surface area contributed by atoms with Crippen molar-refractivity contribution in [2.75, 3.05) is 6.54 Å². The smallest absolute Gasteiger partial charge is 0.231 e. The van der Waals surface area contributed by atoms with Gasteiger partial charge in [-0.15, -0.1) is 0 Å². The second kappa shape index (κ2) is 5.25. The number of halogens is 1. The molecule has 2 heterocycles. The highest BCUT2D eigenvalue weighted by atomic mass is 35.5. The molecule has 0 saturated heterocycles. The van der Waals surface area contributed by atoms with Crippen LogP contribution >= 0.6 is 11.6 Å². The van der Waals surface area contributed by atoms with Crippen molar-refractivity contribution in [1.82, 2.24) is 15.1 Å². The van der Waals surface area contributed by atoms with E-state index in [-0.39, 0.29) is 5.92 Å². The lowest BCUT2D eigenvalue weighted by molar-refractivity contribution is 0.351. The molecule has 0 aliphatic rings. The summed E-state index contributed by atoms with van der Waals surface area (Å²) in [5, 5.41) is 4.46. The molecule has 17 heavy (non-hydrogen) atoms. The first-order valence-electron chi connectivity index (χ1n) is 5.40. The van der Waals surface area contributed by atoms with Gasteiger partial charge >= 0.3 is 0 Å². The van der Waals surface area contributed by atoms with Crippen LogP contribution in [0.1, 0.15) is 25.2 Å². The molecule has 2 N–H and O–H groups in total. The van der Waals surface area contributed by atoms with Crippen molar-refractivity contribution in [3.63, 3.8) is 0 Å². The van der Waals surface area contributed by atoms with E-state index in [1.807, 2.05) is 6.92 Å². The molecule has 0 saturated carbocycles. The lowest BCUT2D eigenvalue weighted by Gasteiger charge is -2.04. The predicted molar refractivity (Wildman–Crippen MR) is 64.6 cm³/mol. The predicted octanol–water partition coefficient (Wildman–Crippen LogP) is 2.24. The summed E-state index contributed by atoms with van der Waals surface area (Å²) in [6, 6.07) is 3.49. The van der Waals surface area contributed by atoms with Crippen molar-refractivity contribution in [3.05, 3.63) is 29.2 Å². The van der Waals surface area contributed by atoms with Crippen LogP contribution in [0.2, 0.25) is 5.02 Å². The van der Waals surface area contributed by atoms with Gasteiger partial charge in [-0.1, -0.05) is 23.7 Å². The molecule has 1 atom stereocenters. The van der Waals surface area contributed by atoms with Crippen LogP contribution in [0.25, 0.3) is 11.5 Å². The Hall–Kier alpha value is -1.46. The van der Waals surface area contributed by atoms with Crippen molar-refractivity contribution < 1.29 is 4.52 Å². The van der Waals surface area contributed by atoms with Gasteiger partial charge in [-0.2, -0.15) is 4.98 Å². The number of rotatable bonds is 4. The Morgan fingerprint density at radius 3 is 2.88 bits per heavy atom. The van der Waals surface area contributed by atoms with E-state index in [9.17, 15) is 0 Å². The van der Waals surface area contributed by atoms with Crippen molar-refractivity contribution in [3.8, 4) is 11.5 Å². The van der Waals surface area contributed by atoms with E-state index in [1.165, 1.54) is 0 Å². The maximum absolute atomic E-state index is 5.76. The van der Waals surface area contributed by atoms with E-state index >= 15 is 0 Å². The van der Waals surface area contributed by atoms with Gasteiger partial charge in [0, 0.05) is 12.7 Å². The van der Waals surface area contributed by atoms with E-state index in [0.29, 0.717) is 29.0 Å². The molecule has 0 spiro atoms. The molecule has 0 radical (unpaired) electrons. The molecule has 0 bridgehead atoms. The summed E-state index contributed by atoms with van der Waals surface area (Å²) in [5.41, 5.74) is 6.26. The highest BCUT2D eigenvalue weighted by Crippen LogP contribution is 2.20. The van der Waals surface area contributed by atoms with Crippen LogP contribution in [0.4, 0.5) is 0 Å². The number of hydrogen-bond acceptors (Lipinski definition) is 5. The van der Waals surface area contributed by atoms with Crippen LogP contribution in [-0.4, -0.2) is 21.7 Å². The molecule has 0 amide bonds. The Morgan fingerprint density at radius 2 is 2.29 bits per heavy atom. The number of nitrogens with two attached hydrogens (primary N) is 1. The van der Waals surface area contributed by atoms with Gasteiger partial charge in [0.15, 0.2) is 0 Å². The molecule has 0 aromatic carbocycles. The Labute approximate surface area is 104 Å². The summed E-state index contributed by atoms with van der Waals surface area (Å²) in [6.45, 7) is 2.52. The van der Waals surface area contributed by atoms with E-state index in [0.717, 1.165) is 6.42 Å². The summed E-state index contributed by atoms with van der Waals surface area (Å²) >= 11 is 5.76. The fourth-order valence-corrected chi connectivity index (χ4v) is 1.57.